The van der Waals surface area contributed by atoms with Gasteiger partial charge >= 0.3 is 6.03 Å². The number of ketones is 1. The van der Waals surface area contributed by atoms with E-state index >= 15 is 0 Å². The fraction of sp³-hybridized carbons (Fsp3) is 0.290. The Bertz CT molecular complexity index is 1380. The number of nitrogens with one attached hydrogen (secondary N) is 2. The van der Waals surface area contributed by atoms with Crippen molar-refractivity contribution in [2.45, 2.75) is 51.7 Å². The maximum absolute atomic E-state index is 14.3. The fourth-order valence-electron chi connectivity index (χ4n) is 5.61. The van der Waals surface area contributed by atoms with Crippen LogP contribution in [-0.2, 0) is 9.59 Å². The molecule has 1 saturated carbocycles. The summed E-state index contributed by atoms with van der Waals surface area (Å²) < 4.78 is 0. The zero-order valence-corrected chi connectivity index (χ0v) is 21.7. The molecule has 0 aromatic heterocycles. The second kappa shape index (κ2) is 11.0. The number of rotatable bonds is 6. The van der Waals surface area contributed by atoms with Gasteiger partial charge in [-0.1, -0.05) is 73.5 Å². The Labute approximate surface area is 223 Å². The number of hydrogen-bond acceptors (Lipinski definition) is 4. The van der Waals surface area contributed by atoms with E-state index in [4.69, 9.17) is 4.99 Å². The van der Waals surface area contributed by atoms with Crippen molar-refractivity contribution in [3.8, 4) is 0 Å². The molecule has 7 nitrogen and oxygen atoms in total. The molecule has 0 radical (unpaired) electrons. The molecule has 38 heavy (non-hydrogen) atoms. The normalized spacial score (nSPS) is 18.3. The van der Waals surface area contributed by atoms with Crippen LogP contribution in [0.25, 0.3) is 0 Å². The molecule has 1 aliphatic heterocycles. The number of Topliss-reactive ketones (excluding diaryl/α,β-unsaturated/α-hetero) is 1. The topological polar surface area (TPSA) is 90.9 Å². The Balaban J connectivity index is 1.59. The molecule has 2 unspecified atom stereocenters. The monoisotopic (exact) mass is 508 g/mol. The van der Waals surface area contributed by atoms with Crippen LogP contribution in [0.15, 0.2) is 83.9 Å². The number of aryl methyl sites for hydroxylation is 1. The SMILES string of the molecule is CC(=O)C(C1CCCC1)N1C(=O)C(NC(=O)Nc2cccc(C)c2)N=C(c2ccccc2)c2ccccc21. The molecular formula is C31H32N4O3. The third-order valence-electron chi connectivity index (χ3n) is 7.28. The minimum Gasteiger partial charge on any atom is -0.308 e. The maximum atomic E-state index is 14.3. The number of para-hydroxylation sites is 1. The number of nitrogens with zero attached hydrogens (tertiary/aromatic N) is 2. The van der Waals surface area contributed by atoms with E-state index in [9.17, 15) is 14.4 Å². The van der Waals surface area contributed by atoms with Crippen LogP contribution in [0.1, 0.15) is 49.3 Å². The molecule has 7 heteroatoms. The predicted octanol–water partition coefficient (Wildman–Crippen LogP) is 5.47. The first-order valence-electron chi connectivity index (χ1n) is 13.1. The molecule has 0 bridgehead atoms. The predicted molar refractivity (Wildman–Crippen MR) is 150 cm³/mol. The maximum Gasteiger partial charge on any atom is 0.321 e. The van der Waals surface area contributed by atoms with Crippen LogP contribution < -0.4 is 15.5 Å². The zero-order valence-electron chi connectivity index (χ0n) is 21.7. The van der Waals surface area contributed by atoms with Gasteiger partial charge in [-0.05, 0) is 56.4 Å². The van der Waals surface area contributed by atoms with Gasteiger partial charge in [-0.2, -0.15) is 0 Å². The van der Waals surface area contributed by atoms with Crippen molar-refractivity contribution in [2.24, 2.45) is 10.9 Å². The van der Waals surface area contributed by atoms with E-state index in [1.807, 2.05) is 79.7 Å². The van der Waals surface area contributed by atoms with Crippen LogP contribution in [-0.4, -0.2) is 35.6 Å². The van der Waals surface area contributed by atoms with E-state index in [-0.39, 0.29) is 11.7 Å². The second-order valence-electron chi connectivity index (χ2n) is 10.0. The van der Waals surface area contributed by atoms with E-state index < -0.39 is 24.1 Å². The number of benzodiazepines with no additional fused rings is 1. The van der Waals surface area contributed by atoms with Gasteiger partial charge in [0.05, 0.1) is 17.4 Å². The van der Waals surface area contributed by atoms with Gasteiger partial charge in [0.15, 0.2) is 5.78 Å². The highest BCUT2D eigenvalue weighted by molar-refractivity contribution is 6.21. The summed E-state index contributed by atoms with van der Waals surface area (Å²) in [6.45, 7) is 3.49. The Kier molecular flexibility index (Phi) is 7.36. The number of benzene rings is 3. The molecule has 1 fully saturated rings. The molecule has 2 N–H and O–H groups in total. The molecule has 3 amide bonds. The molecule has 0 saturated heterocycles. The van der Waals surface area contributed by atoms with Crippen LogP contribution in [0.2, 0.25) is 0 Å². The lowest BCUT2D eigenvalue weighted by Crippen LogP contribution is -2.55. The number of anilines is 2. The van der Waals surface area contributed by atoms with E-state index in [0.717, 1.165) is 42.4 Å². The van der Waals surface area contributed by atoms with Crippen molar-refractivity contribution in [1.82, 2.24) is 5.32 Å². The van der Waals surface area contributed by atoms with E-state index in [2.05, 4.69) is 10.6 Å². The summed E-state index contributed by atoms with van der Waals surface area (Å²) in [5.41, 5.74) is 4.41. The lowest BCUT2D eigenvalue weighted by molar-refractivity contribution is -0.125. The first kappa shape index (κ1) is 25.4. The Hall–Kier alpha value is -4.26. The minimum atomic E-state index is -1.22. The highest BCUT2D eigenvalue weighted by atomic mass is 16.2. The van der Waals surface area contributed by atoms with Gasteiger partial charge in [0.25, 0.3) is 5.91 Å². The van der Waals surface area contributed by atoms with Crippen LogP contribution >= 0.6 is 0 Å². The number of carbonyl (C=O) groups excluding carboxylic acids is 3. The average Bonchev–Trinajstić information content (AvgIpc) is 3.40. The van der Waals surface area contributed by atoms with Crippen LogP contribution in [0.5, 0.6) is 0 Å². The molecule has 0 spiro atoms. The molecule has 2 atom stereocenters. The number of carbonyl (C=O) groups is 3. The van der Waals surface area contributed by atoms with Gasteiger partial charge in [0, 0.05) is 16.8 Å². The van der Waals surface area contributed by atoms with Crippen molar-refractivity contribution in [3.05, 3.63) is 95.6 Å². The fourth-order valence-corrected chi connectivity index (χ4v) is 5.61. The summed E-state index contributed by atoms with van der Waals surface area (Å²) in [6, 6.07) is 23.4. The summed E-state index contributed by atoms with van der Waals surface area (Å²) in [5.74, 6) is -0.425. The molecule has 3 aromatic carbocycles. The third-order valence-corrected chi connectivity index (χ3v) is 7.28. The lowest BCUT2D eigenvalue weighted by atomic mass is 9.91. The Morgan fingerprint density at radius 2 is 1.66 bits per heavy atom. The second-order valence-corrected chi connectivity index (χ2v) is 10.0. The number of hydrogen-bond donors (Lipinski definition) is 2. The van der Waals surface area contributed by atoms with E-state index in [1.165, 1.54) is 0 Å². The summed E-state index contributed by atoms with van der Waals surface area (Å²) >= 11 is 0. The van der Waals surface area contributed by atoms with Crippen molar-refractivity contribution in [1.29, 1.82) is 0 Å². The average molecular weight is 509 g/mol. The Morgan fingerprint density at radius 3 is 2.37 bits per heavy atom. The number of urea groups is 1. The molecular weight excluding hydrogens is 476 g/mol. The van der Waals surface area contributed by atoms with Crippen molar-refractivity contribution < 1.29 is 14.4 Å². The summed E-state index contributed by atoms with van der Waals surface area (Å²) in [6.07, 6.45) is 2.61. The molecule has 3 aromatic rings. The number of aliphatic imine (C=N–C) groups is 1. The van der Waals surface area contributed by atoms with Crippen molar-refractivity contribution in [3.63, 3.8) is 0 Å². The van der Waals surface area contributed by atoms with Crippen molar-refractivity contribution in [2.75, 3.05) is 10.2 Å². The summed E-state index contributed by atoms with van der Waals surface area (Å²) in [7, 11) is 0. The first-order chi connectivity index (χ1) is 18.4. The molecule has 1 heterocycles. The number of amides is 3. The van der Waals surface area contributed by atoms with Gasteiger partial charge in [0.2, 0.25) is 6.17 Å². The highest BCUT2D eigenvalue weighted by Crippen LogP contribution is 2.37. The van der Waals surface area contributed by atoms with E-state index in [1.54, 1.807) is 17.9 Å². The minimum absolute atomic E-state index is 0.0598. The van der Waals surface area contributed by atoms with Crippen molar-refractivity contribution >= 4 is 34.8 Å². The highest BCUT2D eigenvalue weighted by Gasteiger charge is 2.42. The zero-order chi connectivity index (χ0) is 26.6. The van der Waals surface area contributed by atoms with Gasteiger partial charge < -0.3 is 10.6 Å². The standard InChI is InChI=1S/C31H32N4O3/c1-20-11-10-16-24(19-20)32-31(38)34-29-30(37)35(28(21(2)36)23-14-6-7-15-23)26-18-9-8-17-25(26)27(33-29)22-12-4-3-5-13-22/h3-5,8-13,16-19,23,28-29H,6-7,14-15H2,1-2H3,(H2,32,34,38). The van der Waals surface area contributed by atoms with Crippen LogP contribution in [0.4, 0.5) is 16.2 Å². The van der Waals surface area contributed by atoms with Gasteiger partial charge in [0.1, 0.15) is 0 Å². The number of fused-ring (bicyclic) bond motifs is 1. The van der Waals surface area contributed by atoms with Crippen LogP contribution in [0, 0.1) is 12.8 Å². The largest absolute Gasteiger partial charge is 0.321 e. The van der Waals surface area contributed by atoms with Gasteiger partial charge in [-0.25, -0.2) is 9.79 Å². The lowest BCUT2D eigenvalue weighted by Gasteiger charge is -2.35. The molecule has 1 aliphatic carbocycles. The van der Waals surface area contributed by atoms with E-state index in [0.29, 0.717) is 17.1 Å². The molecule has 5 rings (SSSR count). The summed E-state index contributed by atoms with van der Waals surface area (Å²) in [4.78, 5) is 46.9. The molecule has 194 valence electrons. The van der Waals surface area contributed by atoms with Crippen LogP contribution in [0.3, 0.4) is 0 Å². The summed E-state index contributed by atoms with van der Waals surface area (Å²) in [5, 5.41) is 5.60. The van der Waals surface area contributed by atoms with Gasteiger partial charge in [-0.15, -0.1) is 0 Å². The Morgan fingerprint density at radius 1 is 0.947 bits per heavy atom. The van der Waals surface area contributed by atoms with Gasteiger partial charge in [-0.3, -0.25) is 14.5 Å². The molecule has 2 aliphatic rings. The smallest absolute Gasteiger partial charge is 0.308 e. The first-order valence-corrected chi connectivity index (χ1v) is 13.1. The third kappa shape index (κ3) is 5.23. The quantitative estimate of drug-likeness (QED) is 0.462.